The van der Waals surface area contributed by atoms with Gasteiger partial charge in [-0.3, -0.25) is 9.78 Å². The minimum atomic E-state index is -0.119. The molecule has 2 aromatic rings. The van der Waals surface area contributed by atoms with Crippen molar-refractivity contribution in [3.05, 3.63) is 53.3 Å². The fourth-order valence-corrected chi connectivity index (χ4v) is 1.93. The molecule has 0 aliphatic heterocycles. The molecule has 0 fully saturated rings. The number of carbonyl (C=O) groups is 1. The monoisotopic (exact) mass is 274 g/mol. The maximum absolute atomic E-state index is 11.9. The normalized spacial score (nSPS) is 10.5. The molecule has 1 N–H and O–H groups in total. The molecule has 0 saturated heterocycles. The maximum Gasteiger partial charge on any atom is 0.253 e. The highest BCUT2D eigenvalue weighted by molar-refractivity contribution is 6.30. The predicted molar refractivity (Wildman–Crippen MR) is 77.3 cm³/mol. The van der Waals surface area contributed by atoms with Crippen LogP contribution < -0.4 is 5.32 Å². The number of pyridine rings is 1. The van der Waals surface area contributed by atoms with Gasteiger partial charge in [-0.1, -0.05) is 23.7 Å². The topological polar surface area (TPSA) is 42.0 Å². The molecule has 0 bridgehead atoms. The van der Waals surface area contributed by atoms with E-state index in [0.717, 1.165) is 11.1 Å². The highest BCUT2D eigenvalue weighted by Gasteiger charge is 2.09. The van der Waals surface area contributed by atoms with E-state index in [1.54, 1.807) is 12.4 Å². The van der Waals surface area contributed by atoms with Gasteiger partial charge in [0.2, 0.25) is 0 Å². The van der Waals surface area contributed by atoms with Crippen LogP contribution in [0.5, 0.6) is 0 Å². The number of hydrogen-bond donors (Lipinski definition) is 1. The average molecular weight is 275 g/mol. The molecule has 0 saturated carbocycles. The number of carbonyl (C=O) groups excluding carboxylic acids is 1. The molecular weight excluding hydrogens is 260 g/mol. The molecule has 1 aromatic heterocycles. The first kappa shape index (κ1) is 13.6. The van der Waals surface area contributed by atoms with E-state index >= 15 is 0 Å². The summed E-state index contributed by atoms with van der Waals surface area (Å²) in [6, 6.07) is 9.39. The van der Waals surface area contributed by atoms with Crippen molar-refractivity contribution in [3.8, 4) is 11.1 Å². The van der Waals surface area contributed by atoms with Crippen LogP contribution in [0.2, 0.25) is 5.02 Å². The van der Waals surface area contributed by atoms with Crippen molar-refractivity contribution in [2.45, 2.75) is 19.9 Å². The molecule has 0 radical (unpaired) electrons. The van der Waals surface area contributed by atoms with Crippen LogP contribution in [0.4, 0.5) is 0 Å². The molecule has 0 aliphatic carbocycles. The van der Waals surface area contributed by atoms with E-state index in [1.165, 1.54) is 0 Å². The Hall–Kier alpha value is -1.87. The van der Waals surface area contributed by atoms with Crippen LogP contribution in [0, 0.1) is 0 Å². The summed E-state index contributed by atoms with van der Waals surface area (Å²) < 4.78 is 0. The molecule has 0 atom stereocenters. The van der Waals surface area contributed by atoms with Crippen molar-refractivity contribution in [3.63, 3.8) is 0 Å². The Morgan fingerprint density at radius 1 is 1.21 bits per heavy atom. The molecule has 0 unspecified atom stereocenters. The van der Waals surface area contributed by atoms with Crippen LogP contribution in [-0.2, 0) is 0 Å². The number of nitrogens with one attached hydrogen (secondary N) is 1. The molecule has 2 rings (SSSR count). The minimum absolute atomic E-state index is 0.0994. The lowest BCUT2D eigenvalue weighted by Crippen LogP contribution is -2.30. The Kier molecular flexibility index (Phi) is 4.17. The summed E-state index contributed by atoms with van der Waals surface area (Å²) >= 11 is 5.97. The van der Waals surface area contributed by atoms with Gasteiger partial charge in [-0.25, -0.2) is 0 Å². The largest absolute Gasteiger partial charge is 0.350 e. The summed E-state index contributed by atoms with van der Waals surface area (Å²) in [5.41, 5.74) is 2.37. The number of rotatable bonds is 3. The average Bonchev–Trinajstić information content (AvgIpc) is 2.38. The number of halogens is 1. The zero-order chi connectivity index (χ0) is 13.8. The first-order valence-electron chi connectivity index (χ1n) is 6.08. The van der Waals surface area contributed by atoms with Gasteiger partial charge in [0.15, 0.2) is 0 Å². The molecule has 0 aliphatic rings. The third-order valence-electron chi connectivity index (χ3n) is 2.58. The lowest BCUT2D eigenvalue weighted by molar-refractivity contribution is 0.0943. The first-order valence-corrected chi connectivity index (χ1v) is 6.46. The van der Waals surface area contributed by atoms with E-state index in [9.17, 15) is 4.79 Å². The van der Waals surface area contributed by atoms with Gasteiger partial charge < -0.3 is 5.32 Å². The Balaban J connectivity index is 2.32. The summed E-state index contributed by atoms with van der Waals surface area (Å²) in [4.78, 5) is 16.0. The molecular formula is C15H15ClN2O. The van der Waals surface area contributed by atoms with Crippen LogP contribution in [0.15, 0.2) is 42.7 Å². The molecule has 4 heteroatoms. The summed E-state index contributed by atoms with van der Waals surface area (Å²) in [5, 5.41) is 3.51. The quantitative estimate of drug-likeness (QED) is 0.930. The molecule has 1 amide bonds. The SMILES string of the molecule is CC(C)NC(=O)c1cncc(-c2cccc(Cl)c2)c1. The summed E-state index contributed by atoms with van der Waals surface area (Å²) in [6.45, 7) is 3.85. The number of benzene rings is 1. The zero-order valence-electron chi connectivity index (χ0n) is 10.9. The first-order chi connectivity index (χ1) is 9.06. The third-order valence-corrected chi connectivity index (χ3v) is 2.81. The molecule has 1 heterocycles. The second-order valence-corrected chi connectivity index (χ2v) is 5.04. The van der Waals surface area contributed by atoms with Crippen LogP contribution in [0.1, 0.15) is 24.2 Å². The van der Waals surface area contributed by atoms with E-state index in [-0.39, 0.29) is 11.9 Å². The van der Waals surface area contributed by atoms with Gasteiger partial charge in [0.1, 0.15) is 0 Å². The van der Waals surface area contributed by atoms with Crippen molar-refractivity contribution < 1.29 is 4.79 Å². The van der Waals surface area contributed by atoms with Crippen LogP contribution >= 0.6 is 11.6 Å². The number of aromatic nitrogens is 1. The second kappa shape index (κ2) is 5.85. The Morgan fingerprint density at radius 3 is 2.68 bits per heavy atom. The van der Waals surface area contributed by atoms with Gasteiger partial charge in [-0.05, 0) is 37.6 Å². The molecule has 98 valence electrons. The molecule has 0 spiro atoms. The van der Waals surface area contributed by atoms with E-state index in [2.05, 4.69) is 10.3 Å². The zero-order valence-corrected chi connectivity index (χ0v) is 11.6. The highest BCUT2D eigenvalue weighted by atomic mass is 35.5. The summed E-state index contributed by atoms with van der Waals surface area (Å²) in [6.07, 6.45) is 3.28. The fraction of sp³-hybridized carbons (Fsp3) is 0.200. The molecule has 19 heavy (non-hydrogen) atoms. The van der Waals surface area contributed by atoms with Crippen molar-refractivity contribution in [2.75, 3.05) is 0 Å². The van der Waals surface area contributed by atoms with E-state index in [1.807, 2.05) is 44.2 Å². The highest BCUT2D eigenvalue weighted by Crippen LogP contribution is 2.22. The van der Waals surface area contributed by atoms with Crippen molar-refractivity contribution in [1.82, 2.24) is 10.3 Å². The van der Waals surface area contributed by atoms with Crippen LogP contribution in [0.25, 0.3) is 11.1 Å². The van der Waals surface area contributed by atoms with Gasteiger partial charge in [0.05, 0.1) is 5.56 Å². The third kappa shape index (κ3) is 3.55. The minimum Gasteiger partial charge on any atom is -0.350 e. The fourth-order valence-electron chi connectivity index (χ4n) is 1.74. The number of hydrogen-bond acceptors (Lipinski definition) is 2. The lowest BCUT2D eigenvalue weighted by atomic mass is 10.1. The second-order valence-electron chi connectivity index (χ2n) is 4.60. The molecule has 3 nitrogen and oxygen atoms in total. The summed E-state index contributed by atoms with van der Waals surface area (Å²) in [7, 11) is 0. The van der Waals surface area contributed by atoms with Gasteiger partial charge in [-0.15, -0.1) is 0 Å². The summed E-state index contributed by atoms with van der Waals surface area (Å²) in [5.74, 6) is -0.119. The predicted octanol–water partition coefficient (Wildman–Crippen LogP) is 3.54. The van der Waals surface area contributed by atoms with Crippen molar-refractivity contribution in [1.29, 1.82) is 0 Å². The van der Waals surface area contributed by atoms with Gasteiger partial charge in [0.25, 0.3) is 5.91 Å². The maximum atomic E-state index is 11.9. The van der Waals surface area contributed by atoms with E-state index < -0.39 is 0 Å². The molecule has 1 aromatic carbocycles. The van der Waals surface area contributed by atoms with Crippen LogP contribution in [-0.4, -0.2) is 16.9 Å². The Labute approximate surface area is 117 Å². The standard InChI is InChI=1S/C15H15ClN2O/c1-10(2)18-15(19)13-6-12(8-17-9-13)11-4-3-5-14(16)7-11/h3-10H,1-2H3,(H,18,19). The van der Waals surface area contributed by atoms with Crippen molar-refractivity contribution >= 4 is 17.5 Å². The number of nitrogens with zero attached hydrogens (tertiary/aromatic N) is 1. The smallest absolute Gasteiger partial charge is 0.253 e. The Bertz CT molecular complexity index is 596. The van der Waals surface area contributed by atoms with Crippen molar-refractivity contribution in [2.24, 2.45) is 0 Å². The lowest BCUT2D eigenvalue weighted by Gasteiger charge is -2.09. The van der Waals surface area contributed by atoms with Gasteiger partial charge >= 0.3 is 0 Å². The van der Waals surface area contributed by atoms with Gasteiger partial charge in [-0.2, -0.15) is 0 Å². The van der Waals surface area contributed by atoms with E-state index in [0.29, 0.717) is 10.6 Å². The van der Waals surface area contributed by atoms with E-state index in [4.69, 9.17) is 11.6 Å². The van der Waals surface area contributed by atoms with Crippen LogP contribution in [0.3, 0.4) is 0 Å². The number of amides is 1. The Morgan fingerprint density at radius 2 is 2.00 bits per heavy atom. The van der Waals surface area contributed by atoms with Gasteiger partial charge in [0, 0.05) is 29.0 Å².